The van der Waals surface area contributed by atoms with Crippen LogP contribution in [-0.2, 0) is 4.79 Å². The van der Waals surface area contributed by atoms with Crippen LogP contribution in [0.3, 0.4) is 0 Å². The number of hydrogen-bond acceptors (Lipinski definition) is 4. The average Bonchev–Trinajstić information content (AvgIpc) is 2.75. The molecule has 13 heavy (non-hydrogen) atoms. The Kier molecular flexibility index (Phi) is 2.28. The van der Waals surface area contributed by atoms with Crippen LogP contribution in [0, 0.1) is 0 Å². The van der Waals surface area contributed by atoms with E-state index in [1.165, 1.54) is 0 Å². The van der Waals surface area contributed by atoms with Gasteiger partial charge in [-0.05, 0) is 12.1 Å². The zero-order valence-electron chi connectivity index (χ0n) is 6.80. The topological polar surface area (TPSA) is 69.9 Å². The van der Waals surface area contributed by atoms with E-state index in [4.69, 9.17) is 4.42 Å². The number of nitrogens with two attached hydrogens (primary N) is 1. The summed E-state index contributed by atoms with van der Waals surface area (Å²) in [5.41, 5.74) is 0. The number of furan rings is 1. The molecule has 1 saturated heterocycles. The van der Waals surface area contributed by atoms with Crippen LogP contribution in [0.1, 0.15) is 11.1 Å². The lowest BCUT2D eigenvalue weighted by Gasteiger charge is -2.08. The Morgan fingerprint density at radius 3 is 3.15 bits per heavy atom. The number of rotatable bonds is 2. The van der Waals surface area contributed by atoms with E-state index in [0.29, 0.717) is 5.75 Å². The summed E-state index contributed by atoms with van der Waals surface area (Å²) in [5, 5.41) is 12.4. The molecule has 0 spiro atoms. The van der Waals surface area contributed by atoms with Gasteiger partial charge in [0, 0.05) is 0 Å². The second-order valence-corrected chi connectivity index (χ2v) is 4.06. The van der Waals surface area contributed by atoms with Crippen LogP contribution in [0.15, 0.2) is 22.8 Å². The fourth-order valence-corrected chi connectivity index (χ4v) is 2.57. The number of aliphatic carboxylic acids is 1. The first-order chi connectivity index (χ1) is 6.27. The Balaban J connectivity index is 2.03. The van der Waals surface area contributed by atoms with Gasteiger partial charge in [-0.2, -0.15) is 0 Å². The number of carboxylic acid groups (broad SMARTS) is 1. The highest BCUT2D eigenvalue weighted by Gasteiger charge is 2.32. The van der Waals surface area contributed by atoms with Crippen LogP contribution in [0.4, 0.5) is 0 Å². The summed E-state index contributed by atoms with van der Waals surface area (Å²) in [6.07, 6.45) is 1.59. The van der Waals surface area contributed by atoms with Gasteiger partial charge in [0.05, 0.1) is 12.0 Å². The summed E-state index contributed by atoms with van der Waals surface area (Å²) in [6, 6.07) is 3.21. The first kappa shape index (κ1) is 8.65. The summed E-state index contributed by atoms with van der Waals surface area (Å²) in [6.45, 7) is 0. The summed E-state index contributed by atoms with van der Waals surface area (Å²) in [7, 11) is 0. The summed E-state index contributed by atoms with van der Waals surface area (Å²) < 4.78 is 5.18. The lowest BCUT2D eigenvalue weighted by Crippen LogP contribution is -2.90. The van der Waals surface area contributed by atoms with Crippen molar-refractivity contribution in [2.75, 3.05) is 5.75 Å². The molecule has 0 saturated carbocycles. The van der Waals surface area contributed by atoms with Crippen molar-refractivity contribution in [3.05, 3.63) is 24.2 Å². The molecular weight excluding hydrogens is 190 g/mol. The average molecular weight is 199 g/mol. The lowest BCUT2D eigenvalue weighted by molar-refractivity contribution is -0.691. The molecule has 1 aromatic heterocycles. The molecular formula is C8H9NO3S. The van der Waals surface area contributed by atoms with Gasteiger partial charge in [-0.15, -0.1) is 0 Å². The third kappa shape index (κ3) is 1.71. The quantitative estimate of drug-likeness (QED) is 0.643. The molecule has 0 bridgehead atoms. The van der Waals surface area contributed by atoms with Crippen molar-refractivity contribution < 1.29 is 19.6 Å². The first-order valence-electron chi connectivity index (χ1n) is 3.98. The minimum atomic E-state index is -0.999. The van der Waals surface area contributed by atoms with Gasteiger partial charge >= 0.3 is 0 Å². The zero-order chi connectivity index (χ0) is 9.26. The van der Waals surface area contributed by atoms with Crippen LogP contribution in [0.2, 0.25) is 0 Å². The summed E-state index contributed by atoms with van der Waals surface area (Å²) in [4.78, 5) is 10.5. The third-order valence-corrected chi connectivity index (χ3v) is 3.29. The van der Waals surface area contributed by atoms with E-state index >= 15 is 0 Å². The first-order valence-corrected chi connectivity index (χ1v) is 5.03. The number of carbonyl (C=O) groups excluding carboxylic acids is 1. The van der Waals surface area contributed by atoms with Crippen LogP contribution in [0.5, 0.6) is 0 Å². The molecule has 70 valence electrons. The van der Waals surface area contributed by atoms with Crippen molar-refractivity contribution in [2.45, 2.75) is 11.4 Å². The molecule has 1 aliphatic heterocycles. The van der Waals surface area contributed by atoms with Crippen molar-refractivity contribution in [1.82, 2.24) is 0 Å². The van der Waals surface area contributed by atoms with E-state index in [-0.39, 0.29) is 5.37 Å². The molecule has 1 aliphatic rings. The molecule has 1 aromatic rings. The van der Waals surface area contributed by atoms with Crippen LogP contribution < -0.4 is 10.4 Å². The molecule has 2 rings (SSSR count). The maximum absolute atomic E-state index is 10.5. The molecule has 1 fully saturated rings. The monoisotopic (exact) mass is 199 g/mol. The van der Waals surface area contributed by atoms with Gasteiger partial charge in [-0.1, -0.05) is 11.8 Å². The molecule has 0 amide bonds. The van der Waals surface area contributed by atoms with Gasteiger partial charge in [-0.3, -0.25) is 0 Å². The zero-order valence-corrected chi connectivity index (χ0v) is 7.62. The predicted molar refractivity (Wildman–Crippen MR) is 44.6 cm³/mol. The standard InChI is InChI=1S/C8H9NO3S/c10-8(11)5-4-13-7(9-5)6-2-1-3-12-6/h1-3,5,7,9H,4H2,(H,10,11)/t5-,7-/m0/s1. The van der Waals surface area contributed by atoms with Gasteiger partial charge in [0.15, 0.2) is 11.1 Å². The minimum Gasteiger partial charge on any atom is -0.544 e. The highest BCUT2D eigenvalue weighted by molar-refractivity contribution is 7.99. The third-order valence-electron chi connectivity index (χ3n) is 1.99. The van der Waals surface area contributed by atoms with Crippen molar-refractivity contribution in [3.63, 3.8) is 0 Å². The van der Waals surface area contributed by atoms with Crippen LogP contribution in [0.25, 0.3) is 0 Å². The molecule has 2 heterocycles. The largest absolute Gasteiger partial charge is 0.544 e. The van der Waals surface area contributed by atoms with E-state index in [1.807, 2.05) is 6.07 Å². The number of thioether (sulfide) groups is 1. The SMILES string of the molecule is O=C([O-])[C@@H]1CS[C@@H](c2ccco2)[NH2+]1. The molecule has 4 nitrogen and oxygen atoms in total. The van der Waals surface area contributed by atoms with Crippen LogP contribution in [-0.4, -0.2) is 17.8 Å². The summed E-state index contributed by atoms with van der Waals surface area (Å²) >= 11 is 1.57. The second-order valence-electron chi connectivity index (χ2n) is 2.89. The van der Waals surface area contributed by atoms with Gasteiger partial charge < -0.3 is 19.6 Å². The van der Waals surface area contributed by atoms with Crippen molar-refractivity contribution in [2.24, 2.45) is 0 Å². The second kappa shape index (κ2) is 3.43. The smallest absolute Gasteiger partial charge is 0.192 e. The Bertz CT molecular complexity index is 298. The lowest BCUT2D eigenvalue weighted by atomic mass is 10.3. The van der Waals surface area contributed by atoms with Gasteiger partial charge in [-0.25, -0.2) is 0 Å². The molecule has 0 aromatic carbocycles. The highest BCUT2D eigenvalue weighted by atomic mass is 32.2. The molecule has 2 N–H and O–H groups in total. The Morgan fingerprint density at radius 1 is 1.77 bits per heavy atom. The van der Waals surface area contributed by atoms with Crippen molar-refractivity contribution in [3.8, 4) is 0 Å². The number of carbonyl (C=O) groups is 1. The number of quaternary nitrogens is 1. The molecule has 0 radical (unpaired) electrons. The summed E-state index contributed by atoms with van der Waals surface area (Å²) in [5.74, 6) is 0.392. The van der Waals surface area contributed by atoms with Crippen molar-refractivity contribution >= 4 is 17.7 Å². The van der Waals surface area contributed by atoms with Crippen molar-refractivity contribution in [1.29, 1.82) is 0 Å². The maximum Gasteiger partial charge on any atom is 0.192 e. The number of carboxylic acids is 1. The van der Waals surface area contributed by atoms with Gasteiger partial charge in [0.1, 0.15) is 12.0 Å². The fourth-order valence-electron chi connectivity index (χ4n) is 1.31. The highest BCUT2D eigenvalue weighted by Crippen LogP contribution is 2.26. The molecule has 2 atom stereocenters. The van der Waals surface area contributed by atoms with E-state index in [0.717, 1.165) is 5.76 Å². The maximum atomic E-state index is 10.5. The van der Waals surface area contributed by atoms with E-state index in [2.05, 4.69) is 0 Å². The van der Waals surface area contributed by atoms with Crippen LogP contribution >= 0.6 is 11.8 Å². The molecule has 0 unspecified atom stereocenters. The Labute approximate surface area is 79.3 Å². The Hall–Kier alpha value is -0.940. The fraction of sp³-hybridized carbons (Fsp3) is 0.375. The Morgan fingerprint density at radius 2 is 2.62 bits per heavy atom. The van der Waals surface area contributed by atoms with E-state index in [9.17, 15) is 9.90 Å². The normalized spacial score (nSPS) is 27.7. The predicted octanol–water partition coefficient (Wildman–Crippen LogP) is -1.29. The molecule has 0 aliphatic carbocycles. The van der Waals surface area contributed by atoms with E-state index < -0.39 is 12.0 Å². The molecule has 5 heteroatoms. The number of hydrogen-bond donors (Lipinski definition) is 1. The van der Waals surface area contributed by atoms with E-state index in [1.54, 1.807) is 29.4 Å². The minimum absolute atomic E-state index is 0.0675. The van der Waals surface area contributed by atoms with Gasteiger partial charge in [0.25, 0.3) is 0 Å². The van der Waals surface area contributed by atoms with Gasteiger partial charge in [0.2, 0.25) is 0 Å².